The maximum Gasteiger partial charge on any atom is 4.00 e. The molecule has 0 aliphatic rings. The van der Waals surface area contributed by atoms with Gasteiger partial charge in [-0.05, 0) is 24.3 Å². The first-order chi connectivity index (χ1) is 10.5. The predicted octanol–water partition coefficient (Wildman–Crippen LogP) is -4.06. The molecule has 0 unspecified atom stereocenters. The molecule has 2 aromatic heterocycles. The zero-order valence-electron chi connectivity index (χ0n) is 13.3. The number of hydrogen-bond donors (Lipinski definition) is 0. The fourth-order valence-corrected chi connectivity index (χ4v) is 1.16. The van der Waals surface area contributed by atoms with Crippen molar-refractivity contribution in [3.05, 3.63) is 59.2 Å². The fourth-order valence-electron chi connectivity index (χ4n) is 1.16. The molecular formula is C14H13N4O8V+. The van der Waals surface area contributed by atoms with Gasteiger partial charge in [0.05, 0.1) is 34.5 Å². The second-order valence-corrected chi connectivity index (χ2v) is 3.66. The number of carbonyl (C=O) groups excluding carboxylic acids is 2. The molecule has 0 saturated carbocycles. The van der Waals surface area contributed by atoms with Crippen molar-refractivity contribution in [3.63, 3.8) is 0 Å². The number of hydrogen-bond acceptors (Lipinski definition) is 8. The number of nitriles is 2. The summed E-state index contributed by atoms with van der Waals surface area (Å²) in [6.45, 7) is 0. The number of nitrogens with zero attached hydrogens (tertiary/aromatic N) is 4. The summed E-state index contributed by atoms with van der Waals surface area (Å²) in [5.74, 6) is -2.68. The van der Waals surface area contributed by atoms with Crippen molar-refractivity contribution in [2.75, 3.05) is 0 Å². The number of pyridine rings is 2. The van der Waals surface area contributed by atoms with Gasteiger partial charge in [-0.1, -0.05) is 0 Å². The van der Waals surface area contributed by atoms with Crippen LogP contribution in [-0.2, 0) is 29.5 Å². The van der Waals surface area contributed by atoms with Crippen molar-refractivity contribution < 1.29 is 60.3 Å². The van der Waals surface area contributed by atoms with Gasteiger partial charge in [-0.25, -0.2) is 0 Å². The Balaban J connectivity index is -0.000000101. The second kappa shape index (κ2) is 17.5. The van der Waals surface area contributed by atoms with Gasteiger partial charge in [-0.3, -0.25) is 9.97 Å². The SMILES string of the molecule is N#Cc1ccc(C(=O)[O-])nc1.N#Cc1ccc(C(=O)[O-])nc1.O.O.[O-2].[OH3+].[V+4]. The molecular weight excluding hydrogens is 403 g/mol. The van der Waals surface area contributed by atoms with Crippen LogP contribution < -0.4 is 10.2 Å². The van der Waals surface area contributed by atoms with Gasteiger partial charge in [0.2, 0.25) is 0 Å². The molecule has 141 valence electrons. The Kier molecular flexibility index (Phi) is 22.6. The average molecular weight is 416 g/mol. The second-order valence-electron chi connectivity index (χ2n) is 3.66. The molecule has 0 fully saturated rings. The van der Waals surface area contributed by atoms with Crippen molar-refractivity contribution >= 4 is 11.9 Å². The summed E-state index contributed by atoms with van der Waals surface area (Å²) >= 11 is 0. The van der Waals surface area contributed by atoms with Crippen LogP contribution in [0.2, 0.25) is 0 Å². The summed E-state index contributed by atoms with van der Waals surface area (Å²) in [4.78, 5) is 27.2. The van der Waals surface area contributed by atoms with Crippen LogP contribution in [0, 0.1) is 22.7 Å². The van der Waals surface area contributed by atoms with E-state index < -0.39 is 11.9 Å². The molecule has 0 atom stereocenters. The van der Waals surface area contributed by atoms with Crippen LogP contribution in [0.15, 0.2) is 36.7 Å². The Bertz CT molecular complexity index is 702. The molecule has 13 heteroatoms. The van der Waals surface area contributed by atoms with Crippen molar-refractivity contribution in [1.82, 2.24) is 9.97 Å². The summed E-state index contributed by atoms with van der Waals surface area (Å²) in [5.41, 5.74) is 0.331. The van der Waals surface area contributed by atoms with E-state index in [1.54, 1.807) is 0 Å². The third kappa shape index (κ3) is 11.8. The van der Waals surface area contributed by atoms with Gasteiger partial charge in [-0.2, -0.15) is 10.5 Å². The van der Waals surface area contributed by atoms with E-state index in [2.05, 4.69) is 9.97 Å². The zero-order valence-corrected chi connectivity index (χ0v) is 14.7. The van der Waals surface area contributed by atoms with Crippen molar-refractivity contribution in [3.8, 4) is 12.1 Å². The predicted molar refractivity (Wildman–Crippen MR) is 79.4 cm³/mol. The molecule has 0 bridgehead atoms. The number of aromatic nitrogens is 2. The quantitative estimate of drug-likeness (QED) is 0.433. The normalized spacial score (nSPS) is 7.04. The molecule has 0 amide bonds. The smallest absolute Gasteiger partial charge is 2.00 e. The number of carboxylic acids is 2. The van der Waals surface area contributed by atoms with Crippen LogP contribution in [0.3, 0.4) is 0 Å². The topological polar surface area (TPSA) is 278 Å². The Morgan fingerprint density at radius 1 is 0.815 bits per heavy atom. The molecule has 2 heterocycles. The Labute approximate surface area is 164 Å². The summed E-state index contributed by atoms with van der Waals surface area (Å²) < 4.78 is 0. The maximum absolute atomic E-state index is 10.1. The summed E-state index contributed by atoms with van der Waals surface area (Å²) in [5, 5.41) is 36.9. The molecule has 1 radical (unpaired) electrons. The van der Waals surface area contributed by atoms with E-state index in [0.29, 0.717) is 11.1 Å². The average Bonchev–Trinajstić information content (AvgIpc) is 2.55. The molecule has 0 aliphatic carbocycles. The number of rotatable bonds is 2. The molecule has 0 spiro atoms. The van der Waals surface area contributed by atoms with Crippen LogP contribution in [-0.4, -0.2) is 32.9 Å². The maximum atomic E-state index is 10.1. The van der Waals surface area contributed by atoms with Gasteiger partial charge >= 0.3 is 18.6 Å². The largest absolute Gasteiger partial charge is 4.00 e. The van der Waals surface area contributed by atoms with Crippen molar-refractivity contribution in [2.45, 2.75) is 0 Å². The van der Waals surface area contributed by atoms with E-state index in [-0.39, 0.29) is 51.8 Å². The van der Waals surface area contributed by atoms with Crippen LogP contribution in [0.25, 0.3) is 0 Å². The first kappa shape index (κ1) is 34.9. The molecule has 0 saturated heterocycles. The first-order valence-corrected chi connectivity index (χ1v) is 5.63. The van der Waals surface area contributed by atoms with Crippen molar-refractivity contribution in [2.24, 2.45) is 0 Å². The summed E-state index contributed by atoms with van der Waals surface area (Å²) in [6.07, 6.45) is 2.37. The van der Waals surface area contributed by atoms with Gasteiger partial charge in [0.1, 0.15) is 12.1 Å². The van der Waals surface area contributed by atoms with E-state index >= 15 is 0 Å². The number of aromatic carboxylic acids is 2. The number of carbonyl (C=O) groups is 2. The van der Waals surface area contributed by atoms with Crippen molar-refractivity contribution in [1.29, 1.82) is 10.5 Å². The summed E-state index contributed by atoms with van der Waals surface area (Å²) in [7, 11) is 0. The first-order valence-electron chi connectivity index (χ1n) is 5.63. The molecule has 2 rings (SSSR count). The van der Waals surface area contributed by atoms with Crippen LogP contribution in [0.4, 0.5) is 0 Å². The van der Waals surface area contributed by atoms with Gasteiger partial charge in [0.15, 0.2) is 0 Å². The minimum atomic E-state index is -1.34. The number of carboxylic acid groups (broad SMARTS) is 2. The van der Waals surface area contributed by atoms with Crippen LogP contribution in [0.1, 0.15) is 32.1 Å². The standard InChI is InChI=1S/2C7H4N2O2.3H2O.O.V/c2*8-3-5-1-2-6(7(10)11)9-4-5;;;;;/h2*1-2,4H,(H,10,11);3*1H2;;/q;;;;;-2;+4/p-1. The van der Waals surface area contributed by atoms with Gasteiger partial charge < -0.3 is 41.7 Å². The van der Waals surface area contributed by atoms with Crippen LogP contribution in [0.5, 0.6) is 0 Å². The molecule has 0 aliphatic heterocycles. The molecule has 27 heavy (non-hydrogen) atoms. The zero-order chi connectivity index (χ0) is 16.5. The van der Waals surface area contributed by atoms with Gasteiger partial charge in [0.25, 0.3) is 0 Å². The third-order valence-electron chi connectivity index (χ3n) is 2.20. The van der Waals surface area contributed by atoms with Gasteiger partial charge in [0, 0.05) is 12.4 Å². The van der Waals surface area contributed by atoms with E-state index in [1.165, 1.54) is 36.7 Å². The monoisotopic (exact) mass is 416 g/mol. The minimum Gasteiger partial charge on any atom is -2.00 e. The van der Waals surface area contributed by atoms with E-state index in [9.17, 15) is 19.8 Å². The minimum absolute atomic E-state index is 0. The van der Waals surface area contributed by atoms with E-state index in [4.69, 9.17) is 10.5 Å². The summed E-state index contributed by atoms with van der Waals surface area (Å²) in [6, 6.07) is 8.84. The fraction of sp³-hybridized carbons (Fsp3) is 0. The molecule has 2 aromatic rings. The van der Waals surface area contributed by atoms with E-state index in [1.807, 2.05) is 12.1 Å². The molecule has 12 nitrogen and oxygen atoms in total. The van der Waals surface area contributed by atoms with Gasteiger partial charge in [-0.15, -0.1) is 0 Å². The Morgan fingerprint density at radius 2 is 1.11 bits per heavy atom. The van der Waals surface area contributed by atoms with Crippen LogP contribution >= 0.6 is 0 Å². The Morgan fingerprint density at radius 3 is 1.26 bits per heavy atom. The molecule has 0 aromatic carbocycles. The third-order valence-corrected chi connectivity index (χ3v) is 2.20. The van der Waals surface area contributed by atoms with E-state index in [0.717, 1.165) is 0 Å². The molecule has 7 N–H and O–H groups in total. The Hall–Kier alpha value is -3.36.